The molecule has 0 amide bonds. The van der Waals surface area contributed by atoms with Crippen LogP contribution in [0.2, 0.25) is 0 Å². The number of hydrogen-bond acceptors (Lipinski definition) is 2. The lowest BCUT2D eigenvalue weighted by Crippen LogP contribution is -2.10. The van der Waals surface area contributed by atoms with Gasteiger partial charge in [0.1, 0.15) is 5.82 Å². The molecule has 0 saturated heterocycles. The van der Waals surface area contributed by atoms with Gasteiger partial charge in [0.15, 0.2) is 0 Å². The SMILES string of the molecule is CCOC(=O)Cc1c(C)cc(Br)cc1F. The Morgan fingerprint density at radius 1 is 1.53 bits per heavy atom. The fourth-order valence-electron chi connectivity index (χ4n) is 1.31. The maximum atomic E-state index is 13.5. The highest BCUT2D eigenvalue weighted by Crippen LogP contribution is 2.20. The molecule has 0 aromatic heterocycles. The number of benzene rings is 1. The van der Waals surface area contributed by atoms with Crippen LogP contribution in [-0.4, -0.2) is 12.6 Å². The summed E-state index contributed by atoms with van der Waals surface area (Å²) >= 11 is 3.19. The highest BCUT2D eigenvalue weighted by atomic mass is 79.9. The topological polar surface area (TPSA) is 26.3 Å². The molecule has 1 rings (SSSR count). The number of aryl methyl sites for hydroxylation is 1. The van der Waals surface area contributed by atoms with E-state index in [1.165, 1.54) is 6.07 Å². The number of hydrogen-bond donors (Lipinski definition) is 0. The van der Waals surface area contributed by atoms with Crippen molar-refractivity contribution in [1.29, 1.82) is 0 Å². The molecule has 0 unspecified atom stereocenters. The Hall–Kier alpha value is -0.900. The minimum atomic E-state index is -0.401. The van der Waals surface area contributed by atoms with Gasteiger partial charge in [0.2, 0.25) is 0 Å². The molecule has 4 heteroatoms. The summed E-state index contributed by atoms with van der Waals surface area (Å²) in [6, 6.07) is 3.12. The third-order valence-corrected chi connectivity index (χ3v) is 2.47. The number of halogens is 2. The minimum absolute atomic E-state index is 0.0151. The largest absolute Gasteiger partial charge is 0.466 e. The summed E-state index contributed by atoms with van der Waals surface area (Å²) in [5.74, 6) is -0.781. The first-order chi connectivity index (χ1) is 7.04. The van der Waals surface area contributed by atoms with E-state index in [4.69, 9.17) is 4.74 Å². The van der Waals surface area contributed by atoms with Crippen molar-refractivity contribution >= 4 is 21.9 Å². The fourth-order valence-corrected chi connectivity index (χ4v) is 1.86. The second kappa shape index (κ2) is 5.26. The van der Waals surface area contributed by atoms with E-state index in [2.05, 4.69) is 15.9 Å². The Balaban J connectivity index is 2.90. The molecule has 0 spiro atoms. The third kappa shape index (κ3) is 3.30. The molecule has 82 valence electrons. The van der Waals surface area contributed by atoms with Crippen molar-refractivity contribution in [1.82, 2.24) is 0 Å². The smallest absolute Gasteiger partial charge is 0.310 e. The minimum Gasteiger partial charge on any atom is -0.466 e. The van der Waals surface area contributed by atoms with E-state index in [0.717, 1.165) is 5.56 Å². The monoisotopic (exact) mass is 274 g/mol. The van der Waals surface area contributed by atoms with Crippen LogP contribution in [0.4, 0.5) is 4.39 Å². The van der Waals surface area contributed by atoms with Crippen molar-refractivity contribution in [3.05, 3.63) is 33.5 Å². The molecule has 0 heterocycles. The van der Waals surface area contributed by atoms with Crippen molar-refractivity contribution in [2.75, 3.05) is 6.61 Å². The lowest BCUT2D eigenvalue weighted by atomic mass is 10.1. The van der Waals surface area contributed by atoms with Crippen molar-refractivity contribution in [2.45, 2.75) is 20.3 Å². The van der Waals surface area contributed by atoms with E-state index in [9.17, 15) is 9.18 Å². The summed E-state index contributed by atoms with van der Waals surface area (Å²) < 4.78 is 18.9. The summed E-state index contributed by atoms with van der Waals surface area (Å²) in [6.07, 6.45) is -0.0151. The van der Waals surface area contributed by atoms with Crippen molar-refractivity contribution in [2.24, 2.45) is 0 Å². The van der Waals surface area contributed by atoms with Gasteiger partial charge in [-0.05, 0) is 31.5 Å². The Kier molecular flexibility index (Phi) is 4.27. The van der Waals surface area contributed by atoms with Crippen LogP contribution >= 0.6 is 15.9 Å². The third-order valence-electron chi connectivity index (χ3n) is 2.01. The molecule has 0 aliphatic carbocycles. The maximum absolute atomic E-state index is 13.5. The summed E-state index contributed by atoms with van der Waals surface area (Å²) in [6.45, 7) is 3.81. The lowest BCUT2D eigenvalue weighted by molar-refractivity contribution is -0.142. The molecule has 2 nitrogen and oxygen atoms in total. The van der Waals surface area contributed by atoms with Crippen LogP contribution in [0.15, 0.2) is 16.6 Å². The fraction of sp³-hybridized carbons (Fsp3) is 0.364. The number of esters is 1. The number of ether oxygens (including phenoxy) is 1. The van der Waals surface area contributed by atoms with Crippen LogP contribution in [0, 0.1) is 12.7 Å². The Morgan fingerprint density at radius 3 is 2.73 bits per heavy atom. The van der Waals surface area contributed by atoms with Crippen LogP contribution < -0.4 is 0 Å². The van der Waals surface area contributed by atoms with Crippen LogP contribution in [-0.2, 0) is 16.0 Å². The zero-order chi connectivity index (χ0) is 11.4. The normalized spacial score (nSPS) is 10.1. The highest BCUT2D eigenvalue weighted by molar-refractivity contribution is 9.10. The predicted octanol–water partition coefficient (Wildman–Crippen LogP) is 3.00. The molecular weight excluding hydrogens is 263 g/mol. The second-order valence-electron chi connectivity index (χ2n) is 3.16. The standard InChI is InChI=1S/C11H12BrFO2/c1-3-15-11(14)6-9-7(2)4-8(12)5-10(9)13/h4-5H,3,6H2,1-2H3. The molecule has 15 heavy (non-hydrogen) atoms. The average Bonchev–Trinajstić information content (AvgIpc) is 2.11. The quantitative estimate of drug-likeness (QED) is 0.793. The first-order valence-electron chi connectivity index (χ1n) is 4.64. The van der Waals surface area contributed by atoms with Crippen molar-refractivity contribution in [3.63, 3.8) is 0 Å². The van der Waals surface area contributed by atoms with Gasteiger partial charge in [0, 0.05) is 10.0 Å². The Morgan fingerprint density at radius 2 is 2.20 bits per heavy atom. The zero-order valence-electron chi connectivity index (χ0n) is 8.64. The predicted molar refractivity (Wildman–Crippen MR) is 59.2 cm³/mol. The van der Waals surface area contributed by atoms with Gasteiger partial charge >= 0.3 is 5.97 Å². The first-order valence-corrected chi connectivity index (χ1v) is 5.44. The van der Waals surface area contributed by atoms with E-state index in [1.54, 1.807) is 19.9 Å². The molecule has 0 radical (unpaired) electrons. The number of carbonyl (C=O) groups is 1. The summed E-state index contributed by atoms with van der Waals surface area (Å²) in [5.41, 5.74) is 1.14. The van der Waals surface area contributed by atoms with Gasteiger partial charge in [-0.25, -0.2) is 4.39 Å². The summed E-state index contributed by atoms with van der Waals surface area (Å²) in [7, 11) is 0. The Bertz CT molecular complexity index is 354. The second-order valence-corrected chi connectivity index (χ2v) is 4.08. The van der Waals surface area contributed by atoms with Crippen LogP contribution in [0.3, 0.4) is 0 Å². The van der Waals surface area contributed by atoms with Gasteiger partial charge in [-0.3, -0.25) is 4.79 Å². The molecule has 0 aliphatic heterocycles. The molecule has 0 aliphatic rings. The summed E-state index contributed by atoms with van der Waals surface area (Å²) in [5, 5.41) is 0. The van der Waals surface area contributed by atoms with E-state index >= 15 is 0 Å². The van der Waals surface area contributed by atoms with Gasteiger partial charge in [-0.1, -0.05) is 15.9 Å². The van der Waals surface area contributed by atoms with Crippen LogP contribution in [0.5, 0.6) is 0 Å². The molecule has 0 N–H and O–H groups in total. The van der Waals surface area contributed by atoms with E-state index in [-0.39, 0.29) is 12.2 Å². The van der Waals surface area contributed by atoms with Crippen molar-refractivity contribution < 1.29 is 13.9 Å². The highest BCUT2D eigenvalue weighted by Gasteiger charge is 2.12. The number of carbonyl (C=O) groups excluding carboxylic acids is 1. The van der Waals surface area contributed by atoms with Gasteiger partial charge in [0.05, 0.1) is 13.0 Å². The maximum Gasteiger partial charge on any atom is 0.310 e. The van der Waals surface area contributed by atoms with Gasteiger partial charge in [-0.15, -0.1) is 0 Å². The molecule has 0 fully saturated rings. The van der Waals surface area contributed by atoms with E-state index in [0.29, 0.717) is 16.6 Å². The molecule has 0 saturated carbocycles. The van der Waals surface area contributed by atoms with E-state index < -0.39 is 5.97 Å². The van der Waals surface area contributed by atoms with Crippen molar-refractivity contribution in [3.8, 4) is 0 Å². The Labute approximate surface area is 96.6 Å². The molecule has 1 aromatic rings. The average molecular weight is 275 g/mol. The summed E-state index contributed by atoms with van der Waals surface area (Å²) in [4.78, 5) is 11.2. The molecular formula is C11H12BrFO2. The number of rotatable bonds is 3. The molecule has 1 aromatic carbocycles. The first kappa shape index (κ1) is 12.2. The molecule has 0 bridgehead atoms. The van der Waals surface area contributed by atoms with Gasteiger partial charge in [0.25, 0.3) is 0 Å². The van der Waals surface area contributed by atoms with E-state index in [1.807, 2.05) is 0 Å². The van der Waals surface area contributed by atoms with Gasteiger partial charge in [-0.2, -0.15) is 0 Å². The molecule has 0 atom stereocenters. The van der Waals surface area contributed by atoms with Crippen LogP contribution in [0.1, 0.15) is 18.1 Å². The lowest BCUT2D eigenvalue weighted by Gasteiger charge is -2.07. The van der Waals surface area contributed by atoms with Crippen LogP contribution in [0.25, 0.3) is 0 Å². The van der Waals surface area contributed by atoms with Gasteiger partial charge < -0.3 is 4.74 Å². The zero-order valence-corrected chi connectivity index (χ0v) is 10.2.